The molecule has 13 heteroatoms. The summed E-state index contributed by atoms with van der Waals surface area (Å²) >= 11 is 0. The number of alkyl halides is 3. The molecule has 3 aromatic rings. The standard InChI is InChI=1S/C30H32F3N5O5/c1-18-15-38(19(2)17-39)28(41)23-5-4-6-24(36-27(40)20-11-13-34-14-12-20)26(23)43-25(18)16-37(3)29(42)35-22-9-7-21(8-10-22)30(31,32)33/h4-14,18-19,25,39H,15-17H2,1-3H3,(H,35,42)(H,36,40)/t18-,19-,25+/m0/s1. The van der Waals surface area contributed by atoms with E-state index in [2.05, 4.69) is 15.6 Å². The molecule has 0 bridgehead atoms. The normalized spacial score (nSPS) is 17.6. The minimum Gasteiger partial charge on any atom is -0.485 e. The van der Waals surface area contributed by atoms with Crippen LogP contribution in [0.4, 0.5) is 29.3 Å². The van der Waals surface area contributed by atoms with E-state index in [4.69, 9.17) is 4.74 Å². The number of amides is 4. The zero-order valence-electron chi connectivity index (χ0n) is 23.8. The highest BCUT2D eigenvalue weighted by atomic mass is 19.4. The molecule has 0 unspecified atom stereocenters. The average molecular weight is 600 g/mol. The highest BCUT2D eigenvalue weighted by molar-refractivity contribution is 6.07. The number of urea groups is 1. The highest BCUT2D eigenvalue weighted by Gasteiger charge is 2.35. The Balaban J connectivity index is 1.61. The first kappa shape index (κ1) is 31.3. The number of halogens is 3. The predicted octanol–water partition coefficient (Wildman–Crippen LogP) is 4.74. The maximum Gasteiger partial charge on any atom is 0.416 e. The Morgan fingerprint density at radius 2 is 1.79 bits per heavy atom. The zero-order chi connectivity index (χ0) is 31.3. The number of aliphatic hydroxyl groups excluding tert-OH is 1. The first-order chi connectivity index (χ1) is 20.4. The van der Waals surface area contributed by atoms with E-state index in [1.54, 1.807) is 25.1 Å². The molecule has 3 N–H and O–H groups in total. The molecule has 0 radical (unpaired) electrons. The van der Waals surface area contributed by atoms with Gasteiger partial charge in [-0.3, -0.25) is 14.6 Å². The van der Waals surface area contributed by atoms with Crippen molar-refractivity contribution in [2.75, 3.05) is 37.4 Å². The van der Waals surface area contributed by atoms with E-state index in [0.717, 1.165) is 24.3 Å². The number of benzene rings is 2. The number of nitrogens with one attached hydrogen (secondary N) is 2. The van der Waals surface area contributed by atoms with Gasteiger partial charge < -0.3 is 30.3 Å². The molecule has 0 spiro atoms. The number of para-hydroxylation sites is 1. The second kappa shape index (κ2) is 13.1. The summed E-state index contributed by atoms with van der Waals surface area (Å²) in [6.07, 6.45) is -2.24. The first-order valence-corrected chi connectivity index (χ1v) is 13.5. The minimum absolute atomic E-state index is 0.0231. The Bertz CT molecular complexity index is 1450. The van der Waals surface area contributed by atoms with Gasteiger partial charge in [0, 0.05) is 43.2 Å². The second-order valence-electron chi connectivity index (χ2n) is 10.4. The van der Waals surface area contributed by atoms with Gasteiger partial charge >= 0.3 is 12.2 Å². The Kier molecular flexibility index (Phi) is 9.54. The fourth-order valence-corrected chi connectivity index (χ4v) is 4.57. The van der Waals surface area contributed by atoms with E-state index >= 15 is 0 Å². The summed E-state index contributed by atoms with van der Waals surface area (Å²) in [5, 5.41) is 15.2. The van der Waals surface area contributed by atoms with E-state index in [1.165, 1.54) is 41.4 Å². The first-order valence-electron chi connectivity index (χ1n) is 13.5. The summed E-state index contributed by atoms with van der Waals surface area (Å²) in [5.41, 5.74) is 0.0838. The summed E-state index contributed by atoms with van der Waals surface area (Å²) < 4.78 is 45.1. The van der Waals surface area contributed by atoms with Gasteiger partial charge in [-0.15, -0.1) is 0 Å². The van der Waals surface area contributed by atoms with Gasteiger partial charge in [-0.2, -0.15) is 13.2 Å². The number of nitrogens with zero attached hydrogens (tertiary/aromatic N) is 3. The summed E-state index contributed by atoms with van der Waals surface area (Å²) in [4.78, 5) is 46.4. The number of hydrogen-bond donors (Lipinski definition) is 3. The SMILES string of the molecule is C[C@H]1CN([C@@H](C)CO)C(=O)c2cccc(NC(=O)c3ccncc3)c2O[C@@H]1CN(C)C(=O)Nc1ccc(C(F)(F)F)cc1. The van der Waals surface area contributed by atoms with Crippen molar-refractivity contribution in [3.8, 4) is 5.75 Å². The van der Waals surface area contributed by atoms with Crippen LogP contribution in [-0.4, -0.2) is 76.6 Å². The second-order valence-corrected chi connectivity index (χ2v) is 10.4. The van der Waals surface area contributed by atoms with Crippen molar-refractivity contribution in [3.63, 3.8) is 0 Å². The van der Waals surface area contributed by atoms with Crippen LogP contribution in [0.5, 0.6) is 5.75 Å². The van der Waals surface area contributed by atoms with Crippen LogP contribution in [0.15, 0.2) is 67.0 Å². The number of ether oxygens (including phenoxy) is 1. The lowest BCUT2D eigenvalue weighted by Gasteiger charge is -2.38. The van der Waals surface area contributed by atoms with E-state index in [0.29, 0.717) is 5.56 Å². The van der Waals surface area contributed by atoms with Crippen molar-refractivity contribution in [1.29, 1.82) is 0 Å². The number of pyridine rings is 1. The van der Waals surface area contributed by atoms with Crippen molar-refractivity contribution in [2.24, 2.45) is 5.92 Å². The number of aromatic nitrogens is 1. The third-order valence-corrected chi connectivity index (χ3v) is 7.15. The summed E-state index contributed by atoms with van der Waals surface area (Å²) in [6, 6.07) is 10.8. The molecule has 10 nitrogen and oxygen atoms in total. The molecule has 1 aromatic heterocycles. The molecule has 2 aromatic carbocycles. The summed E-state index contributed by atoms with van der Waals surface area (Å²) in [5.74, 6) is -1.09. The van der Waals surface area contributed by atoms with Gasteiger partial charge in [0.2, 0.25) is 0 Å². The fraction of sp³-hybridized carbons (Fsp3) is 0.333. The molecule has 0 saturated carbocycles. The van der Waals surface area contributed by atoms with Crippen LogP contribution >= 0.6 is 0 Å². The van der Waals surface area contributed by atoms with Crippen LogP contribution in [0.2, 0.25) is 0 Å². The Morgan fingerprint density at radius 1 is 1.12 bits per heavy atom. The molecule has 0 saturated heterocycles. The average Bonchev–Trinajstić information content (AvgIpc) is 2.99. The molecule has 228 valence electrons. The van der Waals surface area contributed by atoms with Crippen molar-refractivity contribution in [2.45, 2.75) is 32.2 Å². The summed E-state index contributed by atoms with van der Waals surface area (Å²) in [7, 11) is 1.51. The van der Waals surface area contributed by atoms with Crippen LogP contribution in [-0.2, 0) is 6.18 Å². The van der Waals surface area contributed by atoms with Crippen molar-refractivity contribution in [3.05, 3.63) is 83.7 Å². The lowest BCUT2D eigenvalue weighted by molar-refractivity contribution is -0.137. The maximum absolute atomic E-state index is 13.6. The lowest BCUT2D eigenvalue weighted by Crippen LogP contribution is -2.50. The van der Waals surface area contributed by atoms with Crippen LogP contribution in [0.1, 0.15) is 40.1 Å². The van der Waals surface area contributed by atoms with Crippen LogP contribution in [0.25, 0.3) is 0 Å². The zero-order valence-corrected chi connectivity index (χ0v) is 23.8. The quantitative estimate of drug-likeness (QED) is 0.361. The molecule has 4 amide bonds. The molecule has 4 rings (SSSR count). The van der Waals surface area contributed by atoms with E-state index < -0.39 is 41.7 Å². The van der Waals surface area contributed by atoms with Gasteiger partial charge in [-0.05, 0) is 55.5 Å². The van der Waals surface area contributed by atoms with Gasteiger partial charge in [-0.25, -0.2) is 4.79 Å². The van der Waals surface area contributed by atoms with Gasteiger partial charge in [0.1, 0.15) is 6.10 Å². The third-order valence-electron chi connectivity index (χ3n) is 7.15. The number of hydrogen-bond acceptors (Lipinski definition) is 6. The van der Waals surface area contributed by atoms with Gasteiger partial charge in [0.05, 0.1) is 36.0 Å². The molecule has 43 heavy (non-hydrogen) atoms. The van der Waals surface area contributed by atoms with Crippen molar-refractivity contribution < 1.29 is 37.4 Å². The Morgan fingerprint density at radius 3 is 2.42 bits per heavy atom. The highest BCUT2D eigenvalue weighted by Crippen LogP contribution is 2.35. The Hall–Kier alpha value is -4.65. The largest absolute Gasteiger partial charge is 0.485 e. The molecular weight excluding hydrogens is 567 g/mol. The van der Waals surface area contributed by atoms with E-state index in [1.807, 2.05) is 6.92 Å². The minimum atomic E-state index is -4.50. The third kappa shape index (κ3) is 7.41. The lowest BCUT2D eigenvalue weighted by atomic mass is 9.99. The number of rotatable bonds is 7. The number of aliphatic hydroxyl groups is 1. The van der Waals surface area contributed by atoms with Crippen LogP contribution in [0, 0.1) is 5.92 Å². The number of carbonyl (C=O) groups is 3. The smallest absolute Gasteiger partial charge is 0.416 e. The molecule has 1 aliphatic heterocycles. The number of carbonyl (C=O) groups excluding carboxylic acids is 3. The topological polar surface area (TPSA) is 124 Å². The number of anilines is 2. The summed E-state index contributed by atoms with van der Waals surface area (Å²) in [6.45, 7) is 3.48. The van der Waals surface area contributed by atoms with E-state index in [-0.39, 0.29) is 48.3 Å². The maximum atomic E-state index is 13.6. The van der Waals surface area contributed by atoms with Gasteiger partial charge in [-0.1, -0.05) is 13.0 Å². The van der Waals surface area contributed by atoms with Gasteiger partial charge in [0.15, 0.2) is 5.75 Å². The van der Waals surface area contributed by atoms with Gasteiger partial charge in [0.25, 0.3) is 11.8 Å². The molecule has 0 fully saturated rings. The molecule has 2 heterocycles. The Labute approximate surface area is 246 Å². The fourth-order valence-electron chi connectivity index (χ4n) is 4.57. The number of fused-ring (bicyclic) bond motifs is 1. The number of likely N-dealkylation sites (N-methyl/N-ethyl adjacent to an activating group) is 1. The van der Waals surface area contributed by atoms with Crippen LogP contribution in [0.3, 0.4) is 0 Å². The monoisotopic (exact) mass is 599 g/mol. The molecule has 0 aliphatic carbocycles. The molecule has 1 aliphatic rings. The van der Waals surface area contributed by atoms with Crippen molar-refractivity contribution >= 4 is 29.2 Å². The molecule has 3 atom stereocenters. The van der Waals surface area contributed by atoms with E-state index in [9.17, 15) is 32.7 Å². The van der Waals surface area contributed by atoms with Crippen LogP contribution < -0.4 is 15.4 Å². The van der Waals surface area contributed by atoms with Crippen molar-refractivity contribution in [1.82, 2.24) is 14.8 Å². The predicted molar refractivity (Wildman–Crippen MR) is 153 cm³/mol. The molecular formula is C30H32F3N5O5.